The van der Waals surface area contributed by atoms with E-state index >= 15 is 0 Å². The molecule has 2 aromatic carbocycles. The molecule has 36 heavy (non-hydrogen) atoms. The maximum absolute atomic E-state index is 14.6. The number of benzene rings is 2. The Kier molecular flexibility index (Phi) is 5.74. The Morgan fingerprint density at radius 2 is 2.06 bits per heavy atom. The Balaban J connectivity index is 1.28. The van der Waals surface area contributed by atoms with E-state index in [1.807, 2.05) is 24.3 Å². The second-order valence-electron chi connectivity index (χ2n) is 9.20. The summed E-state index contributed by atoms with van der Waals surface area (Å²) in [5, 5.41) is 12.7. The van der Waals surface area contributed by atoms with E-state index in [2.05, 4.69) is 26.3 Å². The zero-order valence-corrected chi connectivity index (χ0v) is 19.5. The minimum absolute atomic E-state index is 0.227. The predicted octanol–water partition coefficient (Wildman–Crippen LogP) is 4.50. The molecular weight excluding hydrogens is 462 g/mol. The standard InChI is InChI=1S/C27H24F2N6O/c28-19-7-9-34(15-19)14-17-1-3-18(4-2-17)22-12-31-27(35-16-20(11-30)33-26(22)35)32-13-23-21-8-10-36-25(21)6-5-24(23)29/h1-6,12,16,19H,7-10,13-15H2,(H,31,32). The third kappa shape index (κ3) is 4.14. The third-order valence-electron chi connectivity index (χ3n) is 6.86. The number of ether oxygens (including phenoxy) is 1. The van der Waals surface area contributed by atoms with Gasteiger partial charge in [-0.25, -0.2) is 18.7 Å². The van der Waals surface area contributed by atoms with Crippen molar-refractivity contribution in [2.24, 2.45) is 0 Å². The lowest BCUT2D eigenvalue weighted by molar-refractivity contribution is 0.282. The SMILES string of the molecule is N#Cc1cn2c(NCc3c(F)ccc4c3CCO4)ncc(-c3ccc(CN4CCC(F)C4)cc3)c2n1. The molecule has 2 aromatic heterocycles. The number of nitrogens with zero attached hydrogens (tertiary/aromatic N) is 5. The molecule has 0 radical (unpaired) electrons. The van der Waals surface area contributed by atoms with E-state index < -0.39 is 6.17 Å². The van der Waals surface area contributed by atoms with Gasteiger partial charge < -0.3 is 10.1 Å². The van der Waals surface area contributed by atoms with Crippen molar-refractivity contribution < 1.29 is 13.5 Å². The average Bonchev–Trinajstić information content (AvgIpc) is 3.63. The van der Waals surface area contributed by atoms with E-state index in [1.54, 1.807) is 22.9 Å². The summed E-state index contributed by atoms with van der Waals surface area (Å²) < 4.78 is 35.4. The van der Waals surface area contributed by atoms with Gasteiger partial charge in [0.2, 0.25) is 5.95 Å². The quantitative estimate of drug-likeness (QED) is 0.433. The normalized spacial score (nSPS) is 17.2. The lowest BCUT2D eigenvalue weighted by atomic mass is 10.0. The van der Waals surface area contributed by atoms with Gasteiger partial charge in [-0.3, -0.25) is 9.30 Å². The first kappa shape index (κ1) is 22.4. The molecule has 0 bridgehead atoms. The highest BCUT2D eigenvalue weighted by molar-refractivity contribution is 5.78. The number of likely N-dealkylation sites (tertiary alicyclic amines) is 1. The van der Waals surface area contributed by atoms with Crippen LogP contribution in [-0.4, -0.2) is 45.1 Å². The predicted molar refractivity (Wildman–Crippen MR) is 131 cm³/mol. The molecule has 6 rings (SSSR count). The molecular formula is C27H24F2N6O. The van der Waals surface area contributed by atoms with Crippen LogP contribution in [0, 0.1) is 17.1 Å². The second-order valence-corrected chi connectivity index (χ2v) is 9.20. The second kappa shape index (κ2) is 9.21. The average molecular weight is 487 g/mol. The fourth-order valence-corrected chi connectivity index (χ4v) is 5.02. The van der Waals surface area contributed by atoms with E-state index in [-0.39, 0.29) is 18.1 Å². The van der Waals surface area contributed by atoms with Gasteiger partial charge in [-0.1, -0.05) is 24.3 Å². The Morgan fingerprint density at radius 1 is 1.19 bits per heavy atom. The number of rotatable bonds is 6. The molecule has 0 spiro atoms. The summed E-state index contributed by atoms with van der Waals surface area (Å²) in [7, 11) is 0. The van der Waals surface area contributed by atoms with Crippen molar-refractivity contribution in [1.82, 2.24) is 19.3 Å². The molecule has 1 unspecified atom stereocenters. The fraction of sp³-hybridized carbons (Fsp3) is 0.296. The number of halogens is 2. The van der Waals surface area contributed by atoms with Crippen LogP contribution in [0.4, 0.5) is 14.7 Å². The first-order chi connectivity index (χ1) is 17.6. The van der Waals surface area contributed by atoms with Crippen LogP contribution in [0.25, 0.3) is 16.8 Å². The zero-order valence-electron chi connectivity index (χ0n) is 19.5. The Bertz CT molecular complexity index is 1480. The van der Waals surface area contributed by atoms with Gasteiger partial charge in [-0.05, 0) is 29.7 Å². The van der Waals surface area contributed by atoms with Crippen LogP contribution in [0.3, 0.4) is 0 Å². The topological polar surface area (TPSA) is 78.5 Å². The molecule has 9 heteroatoms. The highest BCUT2D eigenvalue weighted by atomic mass is 19.1. The molecule has 4 aromatic rings. The van der Waals surface area contributed by atoms with Crippen molar-refractivity contribution in [2.45, 2.75) is 32.1 Å². The van der Waals surface area contributed by atoms with Crippen LogP contribution in [0.1, 0.15) is 28.8 Å². The van der Waals surface area contributed by atoms with Crippen molar-refractivity contribution >= 4 is 11.6 Å². The number of nitriles is 1. The maximum atomic E-state index is 14.6. The summed E-state index contributed by atoms with van der Waals surface area (Å²) in [6.45, 7) is 2.74. The van der Waals surface area contributed by atoms with Crippen LogP contribution < -0.4 is 10.1 Å². The molecule has 7 nitrogen and oxygen atoms in total. The van der Waals surface area contributed by atoms with E-state index in [4.69, 9.17) is 4.74 Å². The third-order valence-corrected chi connectivity index (χ3v) is 6.86. The molecule has 1 atom stereocenters. The number of fused-ring (bicyclic) bond motifs is 2. The molecule has 4 heterocycles. The minimum atomic E-state index is -0.738. The molecule has 1 saturated heterocycles. The summed E-state index contributed by atoms with van der Waals surface area (Å²) in [4.78, 5) is 11.2. The van der Waals surface area contributed by atoms with Gasteiger partial charge >= 0.3 is 0 Å². The number of hydrogen-bond acceptors (Lipinski definition) is 6. The molecule has 2 aliphatic rings. The highest BCUT2D eigenvalue weighted by Gasteiger charge is 2.22. The molecule has 0 saturated carbocycles. The molecule has 1 fully saturated rings. The number of hydrogen-bond donors (Lipinski definition) is 1. The highest BCUT2D eigenvalue weighted by Crippen LogP contribution is 2.31. The van der Waals surface area contributed by atoms with Crippen LogP contribution >= 0.6 is 0 Å². The summed E-state index contributed by atoms with van der Waals surface area (Å²) >= 11 is 0. The lowest BCUT2D eigenvalue weighted by Gasteiger charge is -2.15. The van der Waals surface area contributed by atoms with E-state index in [0.717, 1.165) is 28.8 Å². The van der Waals surface area contributed by atoms with Crippen molar-refractivity contribution in [1.29, 1.82) is 5.26 Å². The smallest absolute Gasteiger partial charge is 0.208 e. The summed E-state index contributed by atoms with van der Waals surface area (Å²) in [6.07, 6.45) is 3.86. The van der Waals surface area contributed by atoms with E-state index in [1.165, 1.54) is 6.07 Å². The number of anilines is 1. The van der Waals surface area contributed by atoms with Gasteiger partial charge in [0.15, 0.2) is 11.3 Å². The minimum Gasteiger partial charge on any atom is -0.493 e. The molecule has 0 aliphatic carbocycles. The Labute approximate surface area is 207 Å². The molecule has 2 aliphatic heterocycles. The lowest BCUT2D eigenvalue weighted by Crippen LogP contribution is -2.20. The number of alkyl halides is 1. The number of nitrogens with one attached hydrogen (secondary N) is 1. The zero-order chi connectivity index (χ0) is 24.6. The largest absolute Gasteiger partial charge is 0.493 e. The van der Waals surface area contributed by atoms with Gasteiger partial charge in [-0.2, -0.15) is 5.26 Å². The molecule has 182 valence electrons. The summed E-state index contributed by atoms with van der Waals surface area (Å²) in [6, 6.07) is 13.2. The van der Waals surface area contributed by atoms with Gasteiger partial charge in [-0.15, -0.1) is 0 Å². The molecule has 0 amide bonds. The van der Waals surface area contributed by atoms with Crippen molar-refractivity contribution in [3.05, 3.63) is 77.0 Å². The van der Waals surface area contributed by atoms with E-state index in [0.29, 0.717) is 55.4 Å². The van der Waals surface area contributed by atoms with Crippen molar-refractivity contribution in [2.75, 3.05) is 25.0 Å². The van der Waals surface area contributed by atoms with Crippen LogP contribution in [0.15, 0.2) is 48.8 Å². The Hall–Kier alpha value is -4.03. The first-order valence-electron chi connectivity index (χ1n) is 12.0. The summed E-state index contributed by atoms with van der Waals surface area (Å²) in [5.41, 5.74) is 5.06. The fourth-order valence-electron chi connectivity index (χ4n) is 5.02. The summed E-state index contributed by atoms with van der Waals surface area (Å²) in [5.74, 6) is 0.887. The van der Waals surface area contributed by atoms with E-state index in [9.17, 15) is 14.0 Å². The number of imidazole rings is 1. The molecule has 1 N–H and O–H groups in total. The monoisotopic (exact) mass is 486 g/mol. The van der Waals surface area contributed by atoms with Gasteiger partial charge in [0.1, 0.15) is 23.8 Å². The van der Waals surface area contributed by atoms with Gasteiger partial charge in [0.05, 0.1) is 12.8 Å². The van der Waals surface area contributed by atoms with Crippen molar-refractivity contribution in [3.63, 3.8) is 0 Å². The number of aromatic nitrogens is 3. The van der Waals surface area contributed by atoms with Crippen LogP contribution in [0.5, 0.6) is 5.75 Å². The van der Waals surface area contributed by atoms with Gasteiger partial charge in [0, 0.05) is 55.5 Å². The maximum Gasteiger partial charge on any atom is 0.208 e. The van der Waals surface area contributed by atoms with Crippen LogP contribution in [0.2, 0.25) is 0 Å². The Morgan fingerprint density at radius 3 is 2.83 bits per heavy atom. The van der Waals surface area contributed by atoms with Gasteiger partial charge in [0.25, 0.3) is 0 Å². The van der Waals surface area contributed by atoms with Crippen molar-refractivity contribution in [3.8, 4) is 22.9 Å². The first-order valence-corrected chi connectivity index (χ1v) is 12.0. The van der Waals surface area contributed by atoms with Crippen LogP contribution in [-0.2, 0) is 19.5 Å².